The number of thiazole rings is 1. The molecular weight excluding hydrogens is 352 g/mol. The number of nitrogens with zero attached hydrogens (tertiary/aromatic N) is 3. The molecule has 1 atom stereocenters. The van der Waals surface area contributed by atoms with E-state index in [1.807, 2.05) is 6.92 Å². The second-order valence-corrected chi connectivity index (χ2v) is 8.31. The van der Waals surface area contributed by atoms with Crippen molar-refractivity contribution in [3.05, 3.63) is 27.6 Å². The van der Waals surface area contributed by atoms with E-state index in [-0.39, 0.29) is 17.2 Å². The summed E-state index contributed by atoms with van der Waals surface area (Å²) < 4.78 is 1.64. The first-order chi connectivity index (χ1) is 11.1. The zero-order valence-electron chi connectivity index (χ0n) is 12.7. The minimum absolute atomic E-state index is 0.00896. The first-order valence-electron chi connectivity index (χ1n) is 7.21. The first-order valence-corrected chi connectivity index (χ1v) is 9.95. The van der Waals surface area contributed by atoms with Crippen LogP contribution in [0.2, 0.25) is 0 Å². The van der Waals surface area contributed by atoms with Crippen LogP contribution in [0, 0.1) is 0 Å². The number of aromatic nitrogens is 3. The van der Waals surface area contributed by atoms with Crippen LogP contribution in [0.15, 0.2) is 26.4 Å². The van der Waals surface area contributed by atoms with Crippen LogP contribution in [-0.4, -0.2) is 31.4 Å². The number of hydrogen-bond donors (Lipinski definition) is 1. The zero-order chi connectivity index (χ0) is 16.4. The molecule has 0 aliphatic carbocycles. The molecule has 1 N–H and O–H groups in total. The lowest BCUT2D eigenvalue weighted by atomic mass is 10.2. The van der Waals surface area contributed by atoms with E-state index in [1.54, 1.807) is 27.9 Å². The number of rotatable bonds is 5. The van der Waals surface area contributed by atoms with Crippen molar-refractivity contribution in [1.82, 2.24) is 14.5 Å². The van der Waals surface area contributed by atoms with Gasteiger partial charge in [-0.25, -0.2) is 9.97 Å². The van der Waals surface area contributed by atoms with E-state index in [2.05, 4.69) is 22.2 Å². The molecule has 3 rings (SSSR count). The molecule has 0 saturated carbocycles. The van der Waals surface area contributed by atoms with Crippen molar-refractivity contribution in [1.29, 1.82) is 0 Å². The van der Waals surface area contributed by atoms with Crippen LogP contribution in [0.5, 0.6) is 0 Å². The Morgan fingerprint density at radius 3 is 3.09 bits per heavy atom. The minimum atomic E-state index is -0.148. The predicted molar refractivity (Wildman–Crippen MR) is 94.7 cm³/mol. The van der Waals surface area contributed by atoms with Gasteiger partial charge in [-0.2, -0.15) is 0 Å². The molecule has 1 amide bonds. The van der Waals surface area contributed by atoms with Crippen LogP contribution >= 0.6 is 34.9 Å². The van der Waals surface area contributed by atoms with Gasteiger partial charge in [0.1, 0.15) is 0 Å². The highest BCUT2D eigenvalue weighted by Crippen LogP contribution is 2.34. The van der Waals surface area contributed by atoms with Crippen molar-refractivity contribution < 1.29 is 4.79 Å². The van der Waals surface area contributed by atoms with Crippen molar-refractivity contribution in [2.45, 2.75) is 42.1 Å². The topological polar surface area (TPSA) is 76.9 Å². The molecule has 9 heteroatoms. The number of anilines is 1. The summed E-state index contributed by atoms with van der Waals surface area (Å²) in [6, 6.07) is 0. The van der Waals surface area contributed by atoms with Gasteiger partial charge in [-0.3, -0.25) is 14.2 Å². The predicted octanol–water partition coefficient (Wildman–Crippen LogP) is 2.49. The quantitative estimate of drug-likeness (QED) is 0.645. The fourth-order valence-corrected chi connectivity index (χ4v) is 4.83. The number of fused-ring (bicyclic) bond motifs is 1. The van der Waals surface area contributed by atoms with Crippen molar-refractivity contribution >= 4 is 45.9 Å². The molecule has 1 aliphatic rings. The summed E-state index contributed by atoms with van der Waals surface area (Å²) in [4.78, 5) is 33.9. The number of nitrogens with one attached hydrogen (secondary N) is 1. The van der Waals surface area contributed by atoms with Crippen molar-refractivity contribution in [2.24, 2.45) is 0 Å². The van der Waals surface area contributed by atoms with Gasteiger partial charge in [-0.15, -0.1) is 23.1 Å². The Bertz CT molecular complexity index is 773. The number of amides is 1. The van der Waals surface area contributed by atoms with E-state index in [0.29, 0.717) is 22.1 Å². The molecule has 2 aromatic heterocycles. The standard InChI is InChI=1S/C14H16N4O2S3/c1-3-18-12(20)11-9(6-8(2)23-11)16-14(18)22-7-10(19)17-13-15-4-5-21-13/h4-5,8H,3,6-7H2,1-2H3,(H,15,17,19)/t8-/m1/s1. The third-order valence-corrected chi connectivity index (χ3v) is 6.17. The van der Waals surface area contributed by atoms with Crippen LogP contribution in [-0.2, 0) is 17.8 Å². The van der Waals surface area contributed by atoms with Gasteiger partial charge in [-0.1, -0.05) is 18.7 Å². The van der Waals surface area contributed by atoms with Gasteiger partial charge in [0, 0.05) is 29.8 Å². The summed E-state index contributed by atoms with van der Waals surface area (Å²) in [7, 11) is 0. The van der Waals surface area contributed by atoms with E-state index in [4.69, 9.17) is 0 Å². The van der Waals surface area contributed by atoms with Crippen molar-refractivity contribution in [2.75, 3.05) is 11.1 Å². The molecule has 2 aromatic rings. The lowest BCUT2D eigenvalue weighted by Crippen LogP contribution is -2.25. The summed E-state index contributed by atoms with van der Waals surface area (Å²) in [5, 5.41) is 6.11. The fraction of sp³-hybridized carbons (Fsp3) is 0.429. The number of hydrogen-bond acceptors (Lipinski definition) is 7. The maximum absolute atomic E-state index is 12.5. The molecule has 23 heavy (non-hydrogen) atoms. The smallest absolute Gasteiger partial charge is 0.268 e. The molecule has 0 bridgehead atoms. The number of carbonyl (C=O) groups is 1. The molecular formula is C14H16N4O2S3. The number of thioether (sulfide) groups is 2. The second kappa shape index (κ2) is 7.06. The highest BCUT2D eigenvalue weighted by Gasteiger charge is 2.26. The lowest BCUT2D eigenvalue weighted by molar-refractivity contribution is -0.113. The second-order valence-electron chi connectivity index (χ2n) is 5.03. The Morgan fingerprint density at radius 2 is 2.39 bits per heavy atom. The van der Waals surface area contributed by atoms with Gasteiger partial charge in [0.05, 0.1) is 16.3 Å². The molecule has 0 unspecified atom stereocenters. The summed E-state index contributed by atoms with van der Waals surface area (Å²) >= 11 is 4.26. The highest BCUT2D eigenvalue weighted by atomic mass is 32.2. The van der Waals surface area contributed by atoms with Crippen LogP contribution in [0.25, 0.3) is 0 Å². The summed E-state index contributed by atoms with van der Waals surface area (Å²) in [6.45, 7) is 4.55. The van der Waals surface area contributed by atoms with Crippen LogP contribution in [0.3, 0.4) is 0 Å². The first kappa shape index (κ1) is 16.5. The van der Waals surface area contributed by atoms with Gasteiger partial charge >= 0.3 is 0 Å². The van der Waals surface area contributed by atoms with Gasteiger partial charge < -0.3 is 5.32 Å². The van der Waals surface area contributed by atoms with E-state index in [9.17, 15) is 9.59 Å². The molecule has 0 saturated heterocycles. The largest absolute Gasteiger partial charge is 0.301 e. The van der Waals surface area contributed by atoms with Gasteiger partial charge in [-0.05, 0) is 6.92 Å². The number of carbonyl (C=O) groups excluding carboxylic acids is 1. The lowest BCUT2D eigenvalue weighted by Gasteiger charge is -2.11. The molecule has 0 aromatic carbocycles. The maximum atomic E-state index is 12.5. The van der Waals surface area contributed by atoms with E-state index in [1.165, 1.54) is 23.1 Å². The SMILES string of the molecule is CCn1c(SCC(=O)Nc2nccs2)nc2c(c1=O)S[C@H](C)C2. The molecule has 1 aliphatic heterocycles. The average molecular weight is 369 g/mol. The van der Waals surface area contributed by atoms with Gasteiger partial charge in [0.25, 0.3) is 5.56 Å². The molecule has 6 nitrogen and oxygen atoms in total. The third kappa shape index (κ3) is 3.61. The molecule has 0 radical (unpaired) electrons. The van der Waals surface area contributed by atoms with E-state index in [0.717, 1.165) is 17.0 Å². The van der Waals surface area contributed by atoms with Gasteiger partial charge in [0.2, 0.25) is 5.91 Å². The Labute approximate surface area is 146 Å². The normalized spacial score (nSPS) is 16.3. The Morgan fingerprint density at radius 1 is 1.57 bits per heavy atom. The van der Waals surface area contributed by atoms with E-state index < -0.39 is 0 Å². The highest BCUT2D eigenvalue weighted by molar-refractivity contribution is 8.00. The summed E-state index contributed by atoms with van der Waals surface area (Å²) in [5.41, 5.74) is 0.870. The Kier molecular flexibility index (Phi) is 5.08. The molecule has 3 heterocycles. The summed E-state index contributed by atoms with van der Waals surface area (Å²) in [5.74, 6) is 0.0538. The Hall–Kier alpha value is -1.32. The van der Waals surface area contributed by atoms with Crippen LogP contribution < -0.4 is 10.9 Å². The van der Waals surface area contributed by atoms with Crippen molar-refractivity contribution in [3.63, 3.8) is 0 Å². The van der Waals surface area contributed by atoms with Crippen LogP contribution in [0.1, 0.15) is 19.5 Å². The average Bonchev–Trinajstić information content (AvgIpc) is 3.14. The fourth-order valence-electron chi connectivity index (χ4n) is 2.29. The zero-order valence-corrected chi connectivity index (χ0v) is 15.2. The monoisotopic (exact) mass is 368 g/mol. The van der Waals surface area contributed by atoms with Crippen LogP contribution in [0.4, 0.5) is 5.13 Å². The minimum Gasteiger partial charge on any atom is -0.301 e. The molecule has 0 fully saturated rings. The van der Waals surface area contributed by atoms with Crippen molar-refractivity contribution in [3.8, 4) is 0 Å². The third-order valence-electron chi connectivity index (χ3n) is 3.29. The Balaban J connectivity index is 1.75. The maximum Gasteiger partial charge on any atom is 0.268 e. The summed E-state index contributed by atoms with van der Waals surface area (Å²) in [6.07, 6.45) is 2.45. The molecule has 122 valence electrons. The molecule has 0 spiro atoms. The van der Waals surface area contributed by atoms with E-state index >= 15 is 0 Å². The van der Waals surface area contributed by atoms with Gasteiger partial charge in [0.15, 0.2) is 10.3 Å².